The molecular formula is C18H17N3. The second kappa shape index (κ2) is 6.27. The van der Waals surface area contributed by atoms with Crippen LogP contribution in [0.2, 0.25) is 0 Å². The molecule has 1 heterocycles. The standard InChI is InChI=1S/C18H17N3/c1-14-19-17(12-15-8-4-2-5-9-15)21-18(20-14)13-16-10-6-3-7-11-16/h2-11H,12-13H2,1H3. The third-order valence-corrected chi connectivity index (χ3v) is 3.25. The maximum absolute atomic E-state index is 4.60. The van der Waals surface area contributed by atoms with Gasteiger partial charge >= 0.3 is 0 Å². The molecule has 0 radical (unpaired) electrons. The first-order valence-electron chi connectivity index (χ1n) is 7.08. The van der Waals surface area contributed by atoms with Crippen LogP contribution in [0, 0.1) is 6.92 Å². The molecule has 1 aromatic heterocycles. The Bertz CT molecular complexity index is 649. The van der Waals surface area contributed by atoms with E-state index in [9.17, 15) is 0 Å². The number of nitrogens with zero attached hydrogens (tertiary/aromatic N) is 3. The highest BCUT2D eigenvalue weighted by Crippen LogP contribution is 2.09. The average molecular weight is 275 g/mol. The fourth-order valence-electron chi connectivity index (χ4n) is 2.31. The monoisotopic (exact) mass is 275 g/mol. The van der Waals surface area contributed by atoms with Crippen molar-refractivity contribution in [3.8, 4) is 0 Å². The van der Waals surface area contributed by atoms with Crippen molar-refractivity contribution in [3.63, 3.8) is 0 Å². The van der Waals surface area contributed by atoms with Crippen LogP contribution < -0.4 is 0 Å². The van der Waals surface area contributed by atoms with Gasteiger partial charge in [0.25, 0.3) is 0 Å². The lowest BCUT2D eigenvalue weighted by Crippen LogP contribution is -2.06. The highest BCUT2D eigenvalue weighted by Gasteiger charge is 2.06. The lowest BCUT2D eigenvalue weighted by molar-refractivity contribution is 0.818. The van der Waals surface area contributed by atoms with E-state index in [0.29, 0.717) is 0 Å². The van der Waals surface area contributed by atoms with Gasteiger partial charge in [-0.05, 0) is 18.1 Å². The molecule has 0 unspecified atom stereocenters. The molecule has 3 aromatic rings. The van der Waals surface area contributed by atoms with Crippen molar-refractivity contribution in [2.75, 3.05) is 0 Å². The largest absolute Gasteiger partial charge is 0.218 e. The van der Waals surface area contributed by atoms with E-state index in [1.807, 2.05) is 43.3 Å². The molecule has 0 saturated carbocycles. The van der Waals surface area contributed by atoms with E-state index in [4.69, 9.17) is 0 Å². The zero-order valence-corrected chi connectivity index (χ0v) is 12.0. The van der Waals surface area contributed by atoms with Crippen molar-refractivity contribution in [2.45, 2.75) is 19.8 Å². The Balaban J connectivity index is 1.83. The van der Waals surface area contributed by atoms with Gasteiger partial charge in [0.1, 0.15) is 17.5 Å². The van der Waals surface area contributed by atoms with Crippen LogP contribution in [0.4, 0.5) is 0 Å². The van der Waals surface area contributed by atoms with Gasteiger partial charge in [0.2, 0.25) is 0 Å². The van der Waals surface area contributed by atoms with E-state index in [1.165, 1.54) is 11.1 Å². The Morgan fingerprint density at radius 3 is 1.48 bits per heavy atom. The second-order valence-corrected chi connectivity index (χ2v) is 5.04. The highest BCUT2D eigenvalue weighted by atomic mass is 15.0. The van der Waals surface area contributed by atoms with Crippen molar-refractivity contribution in [1.82, 2.24) is 15.0 Å². The van der Waals surface area contributed by atoms with Gasteiger partial charge in [0, 0.05) is 12.8 Å². The maximum atomic E-state index is 4.60. The summed E-state index contributed by atoms with van der Waals surface area (Å²) in [5.41, 5.74) is 2.43. The third kappa shape index (κ3) is 3.72. The molecule has 0 amide bonds. The van der Waals surface area contributed by atoms with Crippen molar-refractivity contribution in [2.24, 2.45) is 0 Å². The zero-order chi connectivity index (χ0) is 14.5. The SMILES string of the molecule is Cc1nc(Cc2ccccc2)nc(Cc2ccccc2)n1. The van der Waals surface area contributed by atoms with Crippen LogP contribution >= 0.6 is 0 Å². The molecule has 0 fully saturated rings. The van der Waals surface area contributed by atoms with Crippen molar-refractivity contribution in [3.05, 3.63) is 89.3 Å². The number of hydrogen-bond acceptors (Lipinski definition) is 3. The Hall–Kier alpha value is -2.55. The summed E-state index contributed by atoms with van der Waals surface area (Å²) in [5.74, 6) is 2.45. The summed E-state index contributed by atoms with van der Waals surface area (Å²) in [5, 5.41) is 0. The van der Waals surface area contributed by atoms with Crippen molar-refractivity contribution >= 4 is 0 Å². The van der Waals surface area contributed by atoms with Crippen molar-refractivity contribution in [1.29, 1.82) is 0 Å². The summed E-state index contributed by atoms with van der Waals surface area (Å²) >= 11 is 0. The van der Waals surface area contributed by atoms with E-state index < -0.39 is 0 Å². The van der Waals surface area contributed by atoms with Crippen LogP contribution in [0.15, 0.2) is 60.7 Å². The number of rotatable bonds is 4. The van der Waals surface area contributed by atoms with Gasteiger partial charge in [-0.3, -0.25) is 0 Å². The van der Waals surface area contributed by atoms with Crippen LogP contribution in [0.25, 0.3) is 0 Å². The minimum Gasteiger partial charge on any atom is -0.218 e. The van der Waals surface area contributed by atoms with Crippen LogP contribution in [-0.4, -0.2) is 15.0 Å². The summed E-state index contributed by atoms with van der Waals surface area (Å²) in [4.78, 5) is 13.5. The molecule has 2 aromatic carbocycles. The van der Waals surface area contributed by atoms with E-state index in [1.54, 1.807) is 0 Å². The molecule has 0 saturated heterocycles. The molecule has 0 atom stereocenters. The van der Waals surface area contributed by atoms with Crippen LogP contribution in [0.1, 0.15) is 28.6 Å². The Morgan fingerprint density at radius 2 is 1.05 bits per heavy atom. The smallest absolute Gasteiger partial charge is 0.136 e. The predicted molar refractivity (Wildman–Crippen MR) is 83.1 cm³/mol. The molecule has 0 aliphatic carbocycles. The average Bonchev–Trinajstić information content (AvgIpc) is 2.48. The first-order valence-corrected chi connectivity index (χ1v) is 7.08. The molecule has 0 spiro atoms. The lowest BCUT2D eigenvalue weighted by atomic mass is 10.1. The molecule has 3 heteroatoms. The zero-order valence-electron chi connectivity index (χ0n) is 12.0. The minimum atomic E-state index is 0.742. The van der Waals surface area contributed by atoms with Crippen LogP contribution in [0.5, 0.6) is 0 Å². The normalized spacial score (nSPS) is 10.5. The molecular weight excluding hydrogens is 258 g/mol. The van der Waals surface area contributed by atoms with E-state index >= 15 is 0 Å². The number of aromatic nitrogens is 3. The number of aryl methyl sites for hydroxylation is 1. The third-order valence-electron chi connectivity index (χ3n) is 3.25. The van der Waals surface area contributed by atoms with Gasteiger partial charge in [0.05, 0.1) is 0 Å². The summed E-state index contributed by atoms with van der Waals surface area (Å²) in [6.45, 7) is 1.92. The number of benzene rings is 2. The fraction of sp³-hybridized carbons (Fsp3) is 0.167. The van der Waals surface area contributed by atoms with Crippen molar-refractivity contribution < 1.29 is 0 Å². The van der Waals surface area contributed by atoms with E-state index in [0.717, 1.165) is 30.3 Å². The topological polar surface area (TPSA) is 38.7 Å². The molecule has 104 valence electrons. The Morgan fingerprint density at radius 1 is 0.619 bits per heavy atom. The van der Waals surface area contributed by atoms with Crippen LogP contribution in [0.3, 0.4) is 0 Å². The lowest BCUT2D eigenvalue weighted by Gasteiger charge is -2.05. The molecule has 21 heavy (non-hydrogen) atoms. The fourth-order valence-corrected chi connectivity index (χ4v) is 2.31. The summed E-state index contributed by atoms with van der Waals surface area (Å²) in [6, 6.07) is 20.6. The summed E-state index contributed by atoms with van der Waals surface area (Å²) in [6.07, 6.45) is 1.48. The van der Waals surface area contributed by atoms with E-state index in [2.05, 4.69) is 39.2 Å². The van der Waals surface area contributed by atoms with Crippen LogP contribution in [-0.2, 0) is 12.8 Å². The summed E-state index contributed by atoms with van der Waals surface area (Å²) in [7, 11) is 0. The quantitative estimate of drug-likeness (QED) is 0.733. The number of hydrogen-bond donors (Lipinski definition) is 0. The molecule has 3 nitrogen and oxygen atoms in total. The van der Waals surface area contributed by atoms with Gasteiger partial charge < -0.3 is 0 Å². The summed E-state index contributed by atoms with van der Waals surface area (Å²) < 4.78 is 0. The molecule has 0 bridgehead atoms. The highest BCUT2D eigenvalue weighted by molar-refractivity contribution is 5.21. The Kier molecular flexibility index (Phi) is 4.01. The molecule has 3 rings (SSSR count). The molecule has 0 N–H and O–H groups in total. The first-order chi connectivity index (χ1) is 10.3. The van der Waals surface area contributed by atoms with Gasteiger partial charge in [-0.15, -0.1) is 0 Å². The minimum absolute atomic E-state index is 0.742. The Labute approximate surface area is 124 Å². The predicted octanol–water partition coefficient (Wildman–Crippen LogP) is 3.36. The van der Waals surface area contributed by atoms with Gasteiger partial charge in [-0.2, -0.15) is 0 Å². The van der Waals surface area contributed by atoms with Gasteiger partial charge in [-0.1, -0.05) is 60.7 Å². The first kappa shape index (κ1) is 13.4. The van der Waals surface area contributed by atoms with Gasteiger partial charge in [-0.25, -0.2) is 15.0 Å². The molecule has 0 aliphatic heterocycles. The van der Waals surface area contributed by atoms with Gasteiger partial charge in [0.15, 0.2) is 0 Å². The second-order valence-electron chi connectivity index (χ2n) is 5.04. The van der Waals surface area contributed by atoms with E-state index in [-0.39, 0.29) is 0 Å². The maximum Gasteiger partial charge on any atom is 0.136 e. The molecule has 0 aliphatic rings.